The van der Waals surface area contributed by atoms with Crippen molar-refractivity contribution in [2.24, 2.45) is 0 Å². The van der Waals surface area contributed by atoms with Gasteiger partial charge in [-0.15, -0.1) is 0 Å². The number of ketones is 1. The summed E-state index contributed by atoms with van der Waals surface area (Å²) in [5.74, 6) is -0.479. The minimum Gasteiger partial charge on any atom is -0.289 e. The van der Waals surface area contributed by atoms with Gasteiger partial charge in [-0.2, -0.15) is 0 Å². The van der Waals surface area contributed by atoms with Crippen molar-refractivity contribution in [2.45, 2.75) is 0 Å². The van der Waals surface area contributed by atoms with E-state index in [-0.39, 0.29) is 11.6 Å². The third kappa shape index (κ3) is 2.84. The third-order valence-electron chi connectivity index (χ3n) is 2.28. The maximum atomic E-state index is 12.9. The van der Waals surface area contributed by atoms with Gasteiger partial charge in [0.25, 0.3) is 0 Å². The number of halogens is 3. The monoisotopic (exact) mass is 360 g/mol. The van der Waals surface area contributed by atoms with Crippen LogP contribution in [-0.4, -0.2) is 5.78 Å². The summed E-state index contributed by atoms with van der Waals surface area (Å²) in [5, 5.41) is 0.579. The smallest absolute Gasteiger partial charge is 0.194 e. The SMILES string of the molecule is O=C(c1ccc(Cl)cc1)c1ccc(F)cc1I. The van der Waals surface area contributed by atoms with Crippen molar-refractivity contribution >= 4 is 40.0 Å². The molecule has 0 bridgehead atoms. The highest BCUT2D eigenvalue weighted by Crippen LogP contribution is 2.19. The first-order chi connectivity index (χ1) is 8.08. The predicted octanol–water partition coefficient (Wildman–Crippen LogP) is 4.31. The molecule has 0 atom stereocenters. The van der Waals surface area contributed by atoms with E-state index in [1.807, 2.05) is 22.6 Å². The summed E-state index contributed by atoms with van der Waals surface area (Å²) >= 11 is 7.70. The van der Waals surface area contributed by atoms with Gasteiger partial charge in [0, 0.05) is 19.7 Å². The van der Waals surface area contributed by atoms with E-state index in [0.717, 1.165) is 0 Å². The van der Waals surface area contributed by atoms with Crippen molar-refractivity contribution in [3.05, 3.63) is 68.0 Å². The molecule has 0 N–H and O–H groups in total. The van der Waals surface area contributed by atoms with Crippen LogP contribution in [0.25, 0.3) is 0 Å². The van der Waals surface area contributed by atoms with Crippen LogP contribution in [-0.2, 0) is 0 Å². The molecule has 0 aliphatic heterocycles. The summed E-state index contributed by atoms with van der Waals surface area (Å²) in [6.45, 7) is 0. The minimum absolute atomic E-state index is 0.133. The van der Waals surface area contributed by atoms with Crippen molar-refractivity contribution in [3.63, 3.8) is 0 Å². The van der Waals surface area contributed by atoms with Crippen molar-refractivity contribution in [2.75, 3.05) is 0 Å². The lowest BCUT2D eigenvalue weighted by molar-refractivity contribution is 0.103. The van der Waals surface area contributed by atoms with Crippen molar-refractivity contribution in [3.8, 4) is 0 Å². The van der Waals surface area contributed by atoms with E-state index in [4.69, 9.17) is 11.6 Å². The van der Waals surface area contributed by atoms with Gasteiger partial charge in [0.15, 0.2) is 5.78 Å². The van der Waals surface area contributed by atoms with E-state index in [0.29, 0.717) is 19.7 Å². The number of hydrogen-bond donors (Lipinski definition) is 0. The fourth-order valence-electron chi connectivity index (χ4n) is 1.43. The summed E-state index contributed by atoms with van der Waals surface area (Å²) in [7, 11) is 0. The zero-order valence-corrected chi connectivity index (χ0v) is 11.5. The zero-order chi connectivity index (χ0) is 12.4. The molecule has 0 saturated heterocycles. The molecule has 0 aromatic heterocycles. The largest absolute Gasteiger partial charge is 0.289 e. The third-order valence-corrected chi connectivity index (χ3v) is 3.43. The van der Waals surface area contributed by atoms with Crippen LogP contribution >= 0.6 is 34.2 Å². The van der Waals surface area contributed by atoms with Gasteiger partial charge in [-0.25, -0.2) is 4.39 Å². The molecule has 0 saturated carbocycles. The van der Waals surface area contributed by atoms with Crippen LogP contribution in [0.4, 0.5) is 4.39 Å². The highest BCUT2D eigenvalue weighted by atomic mass is 127. The van der Waals surface area contributed by atoms with Gasteiger partial charge in [0.1, 0.15) is 5.82 Å². The molecule has 0 spiro atoms. The molecular formula is C13H7ClFIO. The highest BCUT2D eigenvalue weighted by molar-refractivity contribution is 14.1. The number of carbonyl (C=O) groups is 1. The van der Waals surface area contributed by atoms with Gasteiger partial charge in [0.2, 0.25) is 0 Å². The maximum absolute atomic E-state index is 12.9. The fraction of sp³-hybridized carbons (Fsp3) is 0. The summed E-state index contributed by atoms with van der Waals surface area (Å²) in [4.78, 5) is 12.1. The maximum Gasteiger partial charge on any atom is 0.194 e. The summed E-state index contributed by atoms with van der Waals surface area (Å²) < 4.78 is 13.5. The Balaban J connectivity index is 2.40. The molecule has 0 aliphatic rings. The molecular weight excluding hydrogens is 353 g/mol. The zero-order valence-electron chi connectivity index (χ0n) is 8.58. The second-order valence-electron chi connectivity index (χ2n) is 3.46. The van der Waals surface area contributed by atoms with Crippen LogP contribution in [0.2, 0.25) is 5.02 Å². The van der Waals surface area contributed by atoms with Gasteiger partial charge < -0.3 is 0 Å². The lowest BCUT2D eigenvalue weighted by Gasteiger charge is -2.04. The average Bonchev–Trinajstić information content (AvgIpc) is 2.29. The van der Waals surface area contributed by atoms with Crippen LogP contribution in [0.3, 0.4) is 0 Å². The molecule has 86 valence electrons. The molecule has 0 aliphatic carbocycles. The number of hydrogen-bond acceptors (Lipinski definition) is 1. The minimum atomic E-state index is -0.345. The Morgan fingerprint density at radius 1 is 1.12 bits per heavy atom. The standard InChI is InChI=1S/C13H7ClFIO/c14-9-3-1-8(2-4-9)13(17)11-6-5-10(15)7-12(11)16/h1-7H. The van der Waals surface area contributed by atoms with E-state index in [1.54, 1.807) is 24.3 Å². The van der Waals surface area contributed by atoms with Gasteiger partial charge in [-0.1, -0.05) is 11.6 Å². The van der Waals surface area contributed by atoms with Crippen LogP contribution in [0.15, 0.2) is 42.5 Å². The second kappa shape index (κ2) is 5.14. The molecule has 0 fully saturated rings. The molecule has 4 heteroatoms. The van der Waals surface area contributed by atoms with Crippen LogP contribution in [0, 0.1) is 9.39 Å². The van der Waals surface area contributed by atoms with Crippen LogP contribution < -0.4 is 0 Å². The highest BCUT2D eigenvalue weighted by Gasteiger charge is 2.12. The topological polar surface area (TPSA) is 17.1 Å². The van der Waals surface area contributed by atoms with Gasteiger partial charge in [-0.3, -0.25) is 4.79 Å². The summed E-state index contributed by atoms with van der Waals surface area (Å²) in [6.07, 6.45) is 0. The van der Waals surface area contributed by atoms with E-state index >= 15 is 0 Å². The fourth-order valence-corrected chi connectivity index (χ4v) is 2.28. The van der Waals surface area contributed by atoms with Crippen LogP contribution in [0.5, 0.6) is 0 Å². The number of rotatable bonds is 2. The lowest BCUT2D eigenvalue weighted by Crippen LogP contribution is -2.03. The molecule has 0 amide bonds. The van der Waals surface area contributed by atoms with Crippen LogP contribution in [0.1, 0.15) is 15.9 Å². The predicted molar refractivity (Wildman–Crippen MR) is 74.0 cm³/mol. The molecule has 2 aromatic rings. The Hall–Kier alpha value is -0.940. The van der Waals surface area contributed by atoms with E-state index in [2.05, 4.69) is 0 Å². The first-order valence-corrected chi connectivity index (χ1v) is 6.29. The molecule has 0 unspecified atom stereocenters. The molecule has 17 heavy (non-hydrogen) atoms. The van der Waals surface area contributed by atoms with Crippen molar-refractivity contribution in [1.82, 2.24) is 0 Å². The van der Waals surface area contributed by atoms with E-state index in [1.165, 1.54) is 18.2 Å². The molecule has 2 aromatic carbocycles. The van der Waals surface area contributed by atoms with E-state index in [9.17, 15) is 9.18 Å². The first kappa shape index (κ1) is 12.5. The Morgan fingerprint density at radius 3 is 2.35 bits per heavy atom. The van der Waals surface area contributed by atoms with Gasteiger partial charge in [0.05, 0.1) is 0 Å². The number of carbonyl (C=O) groups excluding carboxylic acids is 1. The van der Waals surface area contributed by atoms with Gasteiger partial charge >= 0.3 is 0 Å². The van der Waals surface area contributed by atoms with Crippen molar-refractivity contribution in [1.29, 1.82) is 0 Å². The molecule has 1 nitrogen and oxygen atoms in total. The second-order valence-corrected chi connectivity index (χ2v) is 5.06. The number of benzene rings is 2. The molecule has 0 radical (unpaired) electrons. The quantitative estimate of drug-likeness (QED) is 0.576. The normalized spacial score (nSPS) is 10.3. The summed E-state index contributed by atoms with van der Waals surface area (Å²) in [5.41, 5.74) is 1.04. The Bertz CT molecular complexity index is 566. The average molecular weight is 361 g/mol. The van der Waals surface area contributed by atoms with Crippen molar-refractivity contribution < 1.29 is 9.18 Å². The first-order valence-electron chi connectivity index (χ1n) is 4.83. The Morgan fingerprint density at radius 2 is 1.76 bits per heavy atom. The lowest BCUT2D eigenvalue weighted by atomic mass is 10.0. The Labute approximate surface area is 117 Å². The van der Waals surface area contributed by atoms with Gasteiger partial charge in [-0.05, 0) is 65.1 Å². The molecule has 0 heterocycles. The Kier molecular flexibility index (Phi) is 3.79. The summed E-state index contributed by atoms with van der Waals surface area (Å²) in [6, 6.07) is 10.7. The van der Waals surface area contributed by atoms with E-state index < -0.39 is 0 Å². The molecule has 2 rings (SSSR count).